The Morgan fingerprint density at radius 3 is 2.55 bits per heavy atom. The summed E-state index contributed by atoms with van der Waals surface area (Å²) < 4.78 is 0.998. The summed E-state index contributed by atoms with van der Waals surface area (Å²) in [4.78, 5) is 11.8. The van der Waals surface area contributed by atoms with E-state index in [9.17, 15) is 4.79 Å². The molecule has 0 aliphatic rings. The smallest absolute Gasteiger partial charge is 0.226 e. The molecule has 2 N–H and O–H groups in total. The summed E-state index contributed by atoms with van der Waals surface area (Å²) >= 11 is 3.46. The number of carbonyl (C=O) groups excluding carboxylic acids is 1. The van der Waals surface area contributed by atoms with Crippen LogP contribution in [0.1, 0.15) is 12.0 Å². The lowest BCUT2D eigenvalue weighted by Gasteiger charge is -2.08. The molecule has 0 fully saturated rings. The predicted molar refractivity (Wildman–Crippen MR) is 87.1 cm³/mol. The van der Waals surface area contributed by atoms with E-state index < -0.39 is 0 Å². The monoisotopic (exact) mass is 332 g/mol. The average Bonchev–Trinajstić information content (AvgIpc) is 2.44. The fourth-order valence-corrected chi connectivity index (χ4v) is 2.15. The van der Waals surface area contributed by atoms with Crippen LogP contribution in [0.5, 0.6) is 0 Å². The Kier molecular flexibility index (Phi) is 5.18. The molecule has 0 aromatic heterocycles. The maximum Gasteiger partial charge on any atom is 0.226 e. The second-order valence-electron chi connectivity index (χ2n) is 4.55. The fraction of sp³-hybridized carbons (Fsp3) is 0.188. The van der Waals surface area contributed by atoms with Crippen molar-refractivity contribution in [3.05, 3.63) is 58.6 Å². The highest BCUT2D eigenvalue weighted by atomic mass is 79.9. The molecule has 0 heterocycles. The second-order valence-corrected chi connectivity index (χ2v) is 5.41. The lowest BCUT2D eigenvalue weighted by atomic mass is 10.2. The Morgan fingerprint density at radius 2 is 1.85 bits per heavy atom. The van der Waals surface area contributed by atoms with Gasteiger partial charge in [0.25, 0.3) is 0 Å². The Morgan fingerprint density at radius 1 is 1.10 bits per heavy atom. The molecule has 104 valence electrons. The molecule has 4 heteroatoms. The van der Waals surface area contributed by atoms with Crippen molar-refractivity contribution in [2.24, 2.45) is 0 Å². The molecule has 0 aliphatic carbocycles. The maximum absolute atomic E-state index is 11.8. The quantitative estimate of drug-likeness (QED) is 0.861. The van der Waals surface area contributed by atoms with Crippen molar-refractivity contribution in [2.45, 2.75) is 13.3 Å². The average molecular weight is 333 g/mol. The first-order chi connectivity index (χ1) is 9.65. The molecule has 1 amide bonds. The van der Waals surface area contributed by atoms with Gasteiger partial charge in [0, 0.05) is 28.8 Å². The van der Waals surface area contributed by atoms with E-state index >= 15 is 0 Å². The number of carbonyl (C=O) groups is 1. The standard InChI is InChI=1S/C16H17BrN2O/c1-12-7-8-14(11-15(12)17)19-16(20)9-10-18-13-5-3-2-4-6-13/h2-8,11,18H,9-10H2,1H3,(H,19,20). The van der Waals surface area contributed by atoms with Gasteiger partial charge in [-0.05, 0) is 36.8 Å². The largest absolute Gasteiger partial charge is 0.385 e. The number of rotatable bonds is 5. The Labute approximate surface area is 127 Å². The van der Waals surface area contributed by atoms with E-state index in [1.165, 1.54) is 0 Å². The Hall–Kier alpha value is -1.81. The van der Waals surface area contributed by atoms with Crippen molar-refractivity contribution in [3.8, 4) is 0 Å². The van der Waals surface area contributed by atoms with Crippen LogP contribution in [0.3, 0.4) is 0 Å². The number of nitrogens with one attached hydrogen (secondary N) is 2. The summed E-state index contributed by atoms with van der Waals surface area (Å²) in [7, 11) is 0. The molecule has 20 heavy (non-hydrogen) atoms. The van der Waals surface area contributed by atoms with Crippen LogP contribution in [0.4, 0.5) is 11.4 Å². The Bertz CT molecular complexity index is 584. The summed E-state index contributed by atoms with van der Waals surface area (Å²) in [5, 5.41) is 6.10. The summed E-state index contributed by atoms with van der Waals surface area (Å²) in [6, 6.07) is 15.7. The number of benzene rings is 2. The van der Waals surface area contributed by atoms with Crippen molar-refractivity contribution in [3.63, 3.8) is 0 Å². The molecule has 0 bridgehead atoms. The number of para-hydroxylation sites is 1. The van der Waals surface area contributed by atoms with Crippen LogP contribution in [0.25, 0.3) is 0 Å². The van der Waals surface area contributed by atoms with Gasteiger partial charge in [0.05, 0.1) is 0 Å². The van der Waals surface area contributed by atoms with Gasteiger partial charge in [0.1, 0.15) is 0 Å². The van der Waals surface area contributed by atoms with Crippen LogP contribution in [0.15, 0.2) is 53.0 Å². The summed E-state index contributed by atoms with van der Waals surface area (Å²) in [5.74, 6) is 0.00387. The molecule has 0 unspecified atom stereocenters. The van der Waals surface area contributed by atoms with Gasteiger partial charge in [-0.1, -0.05) is 40.2 Å². The molecule has 2 aromatic rings. The first kappa shape index (κ1) is 14.6. The molecule has 0 spiro atoms. The van der Waals surface area contributed by atoms with Gasteiger partial charge in [-0.25, -0.2) is 0 Å². The van der Waals surface area contributed by atoms with Crippen LogP contribution in [-0.4, -0.2) is 12.5 Å². The third kappa shape index (κ3) is 4.38. The molecular weight excluding hydrogens is 316 g/mol. The molecule has 2 aromatic carbocycles. The normalized spacial score (nSPS) is 10.1. The lowest BCUT2D eigenvalue weighted by Crippen LogP contribution is -2.16. The number of amides is 1. The third-order valence-electron chi connectivity index (χ3n) is 2.91. The van der Waals surface area contributed by atoms with Crippen LogP contribution in [0.2, 0.25) is 0 Å². The minimum Gasteiger partial charge on any atom is -0.385 e. The number of hydrogen-bond donors (Lipinski definition) is 2. The minimum atomic E-state index is 0.00387. The van der Waals surface area contributed by atoms with E-state index in [-0.39, 0.29) is 5.91 Å². The molecule has 2 rings (SSSR count). The number of anilines is 2. The summed E-state index contributed by atoms with van der Waals surface area (Å²) in [5.41, 5.74) is 2.99. The number of aryl methyl sites for hydroxylation is 1. The first-order valence-electron chi connectivity index (χ1n) is 6.50. The van der Waals surface area contributed by atoms with E-state index in [1.54, 1.807) is 0 Å². The minimum absolute atomic E-state index is 0.00387. The Balaban J connectivity index is 1.79. The zero-order chi connectivity index (χ0) is 14.4. The van der Waals surface area contributed by atoms with Crippen molar-refractivity contribution in [2.75, 3.05) is 17.2 Å². The van der Waals surface area contributed by atoms with Gasteiger partial charge in [0.2, 0.25) is 5.91 Å². The van der Waals surface area contributed by atoms with Crippen molar-refractivity contribution in [1.29, 1.82) is 0 Å². The van der Waals surface area contributed by atoms with Gasteiger partial charge in [-0.2, -0.15) is 0 Å². The van der Waals surface area contributed by atoms with Crippen molar-refractivity contribution in [1.82, 2.24) is 0 Å². The van der Waals surface area contributed by atoms with E-state index in [1.807, 2.05) is 55.5 Å². The van der Waals surface area contributed by atoms with Gasteiger partial charge in [-0.3, -0.25) is 4.79 Å². The maximum atomic E-state index is 11.8. The van der Waals surface area contributed by atoms with Crippen molar-refractivity contribution >= 4 is 33.2 Å². The van der Waals surface area contributed by atoms with Crippen LogP contribution in [-0.2, 0) is 4.79 Å². The lowest BCUT2D eigenvalue weighted by molar-refractivity contribution is -0.115. The van der Waals surface area contributed by atoms with Gasteiger partial charge >= 0.3 is 0 Å². The molecule has 3 nitrogen and oxygen atoms in total. The van der Waals surface area contributed by atoms with E-state index in [2.05, 4.69) is 26.6 Å². The van der Waals surface area contributed by atoms with E-state index in [0.29, 0.717) is 13.0 Å². The van der Waals surface area contributed by atoms with Crippen LogP contribution in [0, 0.1) is 6.92 Å². The fourth-order valence-electron chi connectivity index (χ4n) is 1.77. The zero-order valence-corrected chi connectivity index (χ0v) is 12.9. The van der Waals surface area contributed by atoms with Crippen LogP contribution >= 0.6 is 15.9 Å². The number of hydrogen-bond acceptors (Lipinski definition) is 2. The van der Waals surface area contributed by atoms with E-state index in [4.69, 9.17) is 0 Å². The van der Waals surface area contributed by atoms with E-state index in [0.717, 1.165) is 21.4 Å². The van der Waals surface area contributed by atoms with Gasteiger partial charge in [-0.15, -0.1) is 0 Å². The molecule has 0 radical (unpaired) electrons. The summed E-state index contributed by atoms with van der Waals surface area (Å²) in [6.45, 7) is 2.63. The van der Waals surface area contributed by atoms with Gasteiger partial charge < -0.3 is 10.6 Å². The molecule has 0 atom stereocenters. The topological polar surface area (TPSA) is 41.1 Å². The highest BCUT2D eigenvalue weighted by Gasteiger charge is 2.03. The highest BCUT2D eigenvalue weighted by Crippen LogP contribution is 2.20. The molecule has 0 saturated heterocycles. The van der Waals surface area contributed by atoms with Crippen molar-refractivity contribution < 1.29 is 4.79 Å². The molecule has 0 saturated carbocycles. The first-order valence-corrected chi connectivity index (χ1v) is 7.29. The van der Waals surface area contributed by atoms with Crippen LogP contribution < -0.4 is 10.6 Å². The highest BCUT2D eigenvalue weighted by molar-refractivity contribution is 9.10. The zero-order valence-electron chi connectivity index (χ0n) is 11.3. The third-order valence-corrected chi connectivity index (χ3v) is 3.76. The molecular formula is C16H17BrN2O. The SMILES string of the molecule is Cc1ccc(NC(=O)CCNc2ccccc2)cc1Br. The number of halogens is 1. The second kappa shape index (κ2) is 7.10. The molecule has 0 aliphatic heterocycles. The predicted octanol–water partition coefficient (Wildman–Crippen LogP) is 4.20. The summed E-state index contributed by atoms with van der Waals surface area (Å²) in [6.07, 6.45) is 0.431. The van der Waals surface area contributed by atoms with Gasteiger partial charge in [0.15, 0.2) is 0 Å².